The minimum Gasteiger partial charge on any atom is -0.340 e. The molecular formula is C18H28N2O3S. The lowest BCUT2D eigenvalue weighted by atomic mass is 10.0. The predicted molar refractivity (Wildman–Crippen MR) is 96.2 cm³/mol. The Hall–Kier alpha value is -1.40. The van der Waals surface area contributed by atoms with Crippen LogP contribution in [-0.2, 0) is 21.2 Å². The highest BCUT2D eigenvalue weighted by Gasteiger charge is 2.30. The SMILES string of the molecule is CCC(CC)C(=O)N1CCN(S(=O)(=O)CCc2ccccc2)CC1. The van der Waals surface area contributed by atoms with Gasteiger partial charge >= 0.3 is 0 Å². The zero-order valence-electron chi connectivity index (χ0n) is 14.6. The van der Waals surface area contributed by atoms with E-state index in [4.69, 9.17) is 0 Å². The largest absolute Gasteiger partial charge is 0.340 e. The van der Waals surface area contributed by atoms with Gasteiger partial charge in [0.2, 0.25) is 15.9 Å². The maximum atomic E-state index is 12.5. The molecule has 0 N–H and O–H groups in total. The Labute approximate surface area is 145 Å². The Morgan fingerprint density at radius 1 is 1.04 bits per heavy atom. The Morgan fingerprint density at radius 2 is 1.62 bits per heavy atom. The lowest BCUT2D eigenvalue weighted by molar-refractivity contribution is -0.136. The first-order valence-corrected chi connectivity index (χ1v) is 10.4. The summed E-state index contributed by atoms with van der Waals surface area (Å²) in [5.74, 6) is 0.352. The maximum Gasteiger partial charge on any atom is 0.225 e. The van der Waals surface area contributed by atoms with E-state index in [-0.39, 0.29) is 17.6 Å². The molecule has 1 aromatic rings. The van der Waals surface area contributed by atoms with E-state index in [1.54, 1.807) is 0 Å². The molecule has 24 heavy (non-hydrogen) atoms. The molecule has 0 spiro atoms. The molecule has 0 saturated carbocycles. The number of piperazine rings is 1. The molecular weight excluding hydrogens is 324 g/mol. The van der Waals surface area contributed by atoms with Crippen LogP contribution in [0, 0.1) is 5.92 Å². The van der Waals surface area contributed by atoms with Crippen molar-refractivity contribution >= 4 is 15.9 Å². The number of amides is 1. The fraction of sp³-hybridized carbons (Fsp3) is 0.611. The van der Waals surface area contributed by atoms with Crippen molar-refractivity contribution in [3.63, 3.8) is 0 Å². The van der Waals surface area contributed by atoms with Crippen molar-refractivity contribution < 1.29 is 13.2 Å². The van der Waals surface area contributed by atoms with Crippen LogP contribution in [0.3, 0.4) is 0 Å². The van der Waals surface area contributed by atoms with Crippen molar-refractivity contribution in [1.82, 2.24) is 9.21 Å². The maximum absolute atomic E-state index is 12.5. The minimum absolute atomic E-state index is 0.0613. The number of hydrogen-bond acceptors (Lipinski definition) is 3. The van der Waals surface area contributed by atoms with E-state index in [0.29, 0.717) is 32.6 Å². The number of carbonyl (C=O) groups excluding carboxylic acids is 1. The quantitative estimate of drug-likeness (QED) is 0.755. The molecule has 0 bridgehead atoms. The summed E-state index contributed by atoms with van der Waals surface area (Å²) in [6, 6.07) is 9.66. The molecule has 0 aromatic heterocycles. The summed E-state index contributed by atoms with van der Waals surface area (Å²) in [5, 5.41) is 0. The summed E-state index contributed by atoms with van der Waals surface area (Å²) in [6.07, 6.45) is 2.20. The van der Waals surface area contributed by atoms with Crippen molar-refractivity contribution in [1.29, 1.82) is 0 Å². The Bertz CT molecular complexity index is 619. The van der Waals surface area contributed by atoms with E-state index in [1.165, 1.54) is 4.31 Å². The standard InChI is InChI=1S/C18H28N2O3S/c1-3-17(4-2)18(21)19-11-13-20(14-12-19)24(22,23)15-10-16-8-6-5-7-9-16/h5-9,17H,3-4,10-15H2,1-2H3. The predicted octanol–water partition coefficient (Wildman–Crippen LogP) is 2.14. The number of hydrogen-bond donors (Lipinski definition) is 0. The van der Waals surface area contributed by atoms with Gasteiger partial charge in [-0.3, -0.25) is 4.79 Å². The number of rotatable bonds is 7. The van der Waals surface area contributed by atoms with Gasteiger partial charge < -0.3 is 4.90 Å². The van der Waals surface area contributed by atoms with Crippen LogP contribution in [-0.4, -0.2) is 55.5 Å². The van der Waals surface area contributed by atoms with E-state index < -0.39 is 10.0 Å². The number of aryl methyl sites for hydroxylation is 1. The van der Waals surface area contributed by atoms with E-state index in [0.717, 1.165) is 18.4 Å². The molecule has 0 atom stereocenters. The van der Waals surface area contributed by atoms with Gasteiger partial charge in [0.15, 0.2) is 0 Å². The molecule has 6 heteroatoms. The van der Waals surface area contributed by atoms with Gasteiger partial charge in [-0.1, -0.05) is 44.2 Å². The normalized spacial score (nSPS) is 16.5. The lowest BCUT2D eigenvalue weighted by Crippen LogP contribution is -2.52. The lowest BCUT2D eigenvalue weighted by Gasteiger charge is -2.35. The zero-order chi connectivity index (χ0) is 17.6. The Morgan fingerprint density at radius 3 is 2.17 bits per heavy atom. The molecule has 1 aromatic carbocycles. The fourth-order valence-corrected chi connectivity index (χ4v) is 4.57. The first-order valence-electron chi connectivity index (χ1n) is 8.78. The van der Waals surface area contributed by atoms with E-state index in [1.807, 2.05) is 49.1 Å². The van der Waals surface area contributed by atoms with Crippen molar-refractivity contribution in [2.24, 2.45) is 5.92 Å². The highest BCUT2D eigenvalue weighted by Crippen LogP contribution is 2.16. The molecule has 0 unspecified atom stereocenters. The van der Waals surface area contributed by atoms with Crippen LogP contribution in [0.1, 0.15) is 32.3 Å². The molecule has 1 saturated heterocycles. The van der Waals surface area contributed by atoms with Crippen LogP contribution in [0.5, 0.6) is 0 Å². The second-order valence-corrected chi connectivity index (χ2v) is 8.38. The highest BCUT2D eigenvalue weighted by molar-refractivity contribution is 7.89. The van der Waals surface area contributed by atoms with Gasteiger partial charge in [0.25, 0.3) is 0 Å². The molecule has 1 amide bonds. The van der Waals surface area contributed by atoms with Gasteiger partial charge in [-0.25, -0.2) is 8.42 Å². The third-order valence-electron chi connectivity index (χ3n) is 4.77. The van der Waals surface area contributed by atoms with Gasteiger partial charge in [-0.2, -0.15) is 4.31 Å². The number of carbonyl (C=O) groups is 1. The molecule has 2 rings (SSSR count). The van der Waals surface area contributed by atoms with Gasteiger partial charge in [0, 0.05) is 32.1 Å². The molecule has 1 fully saturated rings. The smallest absolute Gasteiger partial charge is 0.225 e. The average Bonchev–Trinajstić information content (AvgIpc) is 2.62. The van der Waals surface area contributed by atoms with Crippen LogP contribution in [0.4, 0.5) is 0 Å². The fourth-order valence-electron chi connectivity index (χ4n) is 3.10. The number of benzene rings is 1. The monoisotopic (exact) mass is 352 g/mol. The first kappa shape index (κ1) is 18.9. The van der Waals surface area contributed by atoms with Crippen LogP contribution in [0.2, 0.25) is 0 Å². The van der Waals surface area contributed by atoms with Crippen molar-refractivity contribution in [2.45, 2.75) is 33.1 Å². The first-order chi connectivity index (χ1) is 11.5. The summed E-state index contributed by atoms with van der Waals surface area (Å²) in [7, 11) is -3.27. The number of sulfonamides is 1. The van der Waals surface area contributed by atoms with Crippen molar-refractivity contribution in [2.75, 3.05) is 31.9 Å². The molecule has 1 aliphatic rings. The molecule has 1 aliphatic heterocycles. The van der Waals surface area contributed by atoms with Crippen LogP contribution >= 0.6 is 0 Å². The summed E-state index contributed by atoms with van der Waals surface area (Å²) in [4.78, 5) is 14.2. The summed E-state index contributed by atoms with van der Waals surface area (Å²) >= 11 is 0. The third-order valence-corrected chi connectivity index (χ3v) is 6.64. The Kier molecular flexibility index (Phi) is 6.80. The van der Waals surface area contributed by atoms with Gasteiger partial charge in [-0.15, -0.1) is 0 Å². The molecule has 0 aliphatic carbocycles. The van der Waals surface area contributed by atoms with E-state index in [9.17, 15) is 13.2 Å². The molecule has 5 nitrogen and oxygen atoms in total. The molecule has 1 heterocycles. The average molecular weight is 353 g/mol. The summed E-state index contributed by atoms with van der Waals surface area (Å²) < 4.78 is 26.5. The van der Waals surface area contributed by atoms with Gasteiger partial charge in [0.05, 0.1) is 5.75 Å². The van der Waals surface area contributed by atoms with Crippen molar-refractivity contribution in [3.05, 3.63) is 35.9 Å². The van der Waals surface area contributed by atoms with Crippen LogP contribution < -0.4 is 0 Å². The topological polar surface area (TPSA) is 57.7 Å². The summed E-state index contributed by atoms with van der Waals surface area (Å²) in [6.45, 7) is 5.86. The number of nitrogens with zero attached hydrogens (tertiary/aromatic N) is 2. The third kappa shape index (κ3) is 4.80. The van der Waals surface area contributed by atoms with Crippen molar-refractivity contribution in [3.8, 4) is 0 Å². The second-order valence-electron chi connectivity index (χ2n) is 6.29. The van der Waals surface area contributed by atoms with E-state index in [2.05, 4.69) is 0 Å². The zero-order valence-corrected chi connectivity index (χ0v) is 15.5. The van der Waals surface area contributed by atoms with Gasteiger partial charge in [0.1, 0.15) is 0 Å². The summed E-state index contributed by atoms with van der Waals surface area (Å²) in [5.41, 5.74) is 1.03. The van der Waals surface area contributed by atoms with Gasteiger partial charge in [-0.05, 0) is 24.8 Å². The highest BCUT2D eigenvalue weighted by atomic mass is 32.2. The van der Waals surface area contributed by atoms with Crippen LogP contribution in [0.25, 0.3) is 0 Å². The van der Waals surface area contributed by atoms with E-state index >= 15 is 0 Å². The molecule has 134 valence electrons. The Balaban J connectivity index is 1.87. The second kappa shape index (κ2) is 8.62. The molecule has 0 radical (unpaired) electrons. The minimum atomic E-state index is -3.27. The van der Waals surface area contributed by atoms with Crippen LogP contribution in [0.15, 0.2) is 30.3 Å².